The number of nitrogens with one attached hydrogen (secondary N) is 1. The maximum Gasteiger partial charge on any atom is 0.321 e. The van der Waals surface area contributed by atoms with Crippen LogP contribution in [0.2, 0.25) is 0 Å². The van der Waals surface area contributed by atoms with Crippen molar-refractivity contribution in [2.75, 3.05) is 25.5 Å². The van der Waals surface area contributed by atoms with Crippen molar-refractivity contribution in [3.05, 3.63) is 23.8 Å². The third kappa shape index (κ3) is 5.72. The van der Waals surface area contributed by atoms with Gasteiger partial charge >= 0.3 is 12.0 Å². The van der Waals surface area contributed by atoms with Gasteiger partial charge in [-0.05, 0) is 37.1 Å². The fraction of sp³-hybridized carbons (Fsp3) is 0.467. The minimum absolute atomic E-state index is 0.0767. The Morgan fingerprint density at radius 3 is 2.67 bits per heavy atom. The third-order valence-corrected chi connectivity index (χ3v) is 2.92. The van der Waals surface area contributed by atoms with Gasteiger partial charge in [0.15, 0.2) is 0 Å². The molecule has 21 heavy (non-hydrogen) atoms. The SMILES string of the molecule is CCCOc1ccc(NC(=O)N(C)CCC(=O)O)c(C)c1. The number of carbonyl (C=O) groups is 2. The zero-order valence-electron chi connectivity index (χ0n) is 12.7. The molecule has 1 aromatic rings. The van der Waals surface area contributed by atoms with Crippen LogP contribution in [0, 0.1) is 6.92 Å². The zero-order chi connectivity index (χ0) is 15.8. The maximum absolute atomic E-state index is 11.9. The Hall–Kier alpha value is -2.24. The first-order chi connectivity index (χ1) is 9.93. The first kappa shape index (κ1) is 16.8. The molecule has 0 bridgehead atoms. The van der Waals surface area contributed by atoms with Crippen molar-refractivity contribution in [1.29, 1.82) is 0 Å². The summed E-state index contributed by atoms with van der Waals surface area (Å²) < 4.78 is 5.52. The summed E-state index contributed by atoms with van der Waals surface area (Å²) in [5.74, 6) is -0.158. The molecule has 0 spiro atoms. The van der Waals surface area contributed by atoms with Crippen LogP contribution in [-0.4, -0.2) is 42.2 Å². The van der Waals surface area contributed by atoms with Gasteiger partial charge in [-0.3, -0.25) is 4.79 Å². The Labute approximate surface area is 124 Å². The summed E-state index contributed by atoms with van der Waals surface area (Å²) in [6.07, 6.45) is 0.860. The number of hydrogen-bond donors (Lipinski definition) is 2. The molecule has 0 radical (unpaired) electrons. The highest BCUT2D eigenvalue weighted by Gasteiger charge is 2.11. The van der Waals surface area contributed by atoms with Crippen molar-refractivity contribution in [1.82, 2.24) is 4.90 Å². The van der Waals surface area contributed by atoms with E-state index < -0.39 is 5.97 Å². The Balaban J connectivity index is 2.61. The van der Waals surface area contributed by atoms with E-state index in [2.05, 4.69) is 5.32 Å². The standard InChI is InChI=1S/C15H22N2O4/c1-4-9-21-12-5-6-13(11(2)10-12)16-15(20)17(3)8-7-14(18)19/h5-6,10H,4,7-9H2,1-3H3,(H,16,20)(H,18,19). The molecule has 2 amide bonds. The summed E-state index contributed by atoms with van der Waals surface area (Å²) in [7, 11) is 1.56. The topological polar surface area (TPSA) is 78.9 Å². The van der Waals surface area contributed by atoms with Gasteiger partial charge in [-0.25, -0.2) is 4.79 Å². The van der Waals surface area contributed by atoms with Gasteiger partial charge < -0.3 is 20.1 Å². The van der Waals surface area contributed by atoms with E-state index in [9.17, 15) is 9.59 Å². The zero-order valence-corrected chi connectivity index (χ0v) is 12.7. The van der Waals surface area contributed by atoms with Gasteiger partial charge in [0, 0.05) is 19.3 Å². The lowest BCUT2D eigenvalue weighted by atomic mass is 10.2. The van der Waals surface area contributed by atoms with Crippen LogP contribution in [0.1, 0.15) is 25.3 Å². The van der Waals surface area contributed by atoms with E-state index in [1.54, 1.807) is 19.2 Å². The predicted octanol–water partition coefficient (Wildman–Crippen LogP) is 2.72. The monoisotopic (exact) mass is 294 g/mol. The number of carboxylic acids is 1. The second-order valence-corrected chi connectivity index (χ2v) is 4.82. The molecular formula is C15H22N2O4. The van der Waals surface area contributed by atoms with Crippen LogP contribution < -0.4 is 10.1 Å². The average molecular weight is 294 g/mol. The molecule has 0 atom stereocenters. The number of benzene rings is 1. The Kier molecular flexibility index (Phi) is 6.52. The number of carbonyl (C=O) groups excluding carboxylic acids is 1. The van der Waals surface area contributed by atoms with Crippen LogP contribution in [0.15, 0.2) is 18.2 Å². The number of rotatable bonds is 7. The number of urea groups is 1. The highest BCUT2D eigenvalue weighted by atomic mass is 16.5. The molecule has 0 saturated carbocycles. The molecule has 0 fully saturated rings. The Bertz CT molecular complexity index is 502. The first-order valence-corrected chi connectivity index (χ1v) is 6.91. The molecule has 6 nitrogen and oxygen atoms in total. The van der Waals surface area contributed by atoms with Crippen molar-refractivity contribution in [3.8, 4) is 5.75 Å². The van der Waals surface area contributed by atoms with Crippen LogP contribution in [0.4, 0.5) is 10.5 Å². The highest BCUT2D eigenvalue weighted by Crippen LogP contribution is 2.21. The van der Waals surface area contributed by atoms with Crippen LogP contribution >= 0.6 is 0 Å². The predicted molar refractivity (Wildman–Crippen MR) is 80.9 cm³/mol. The lowest BCUT2D eigenvalue weighted by molar-refractivity contribution is -0.137. The molecule has 0 saturated heterocycles. The molecule has 0 heterocycles. The van der Waals surface area contributed by atoms with E-state index in [-0.39, 0.29) is 19.0 Å². The molecule has 1 rings (SSSR count). The van der Waals surface area contributed by atoms with Gasteiger partial charge in [0.2, 0.25) is 0 Å². The van der Waals surface area contributed by atoms with Gasteiger partial charge in [0.1, 0.15) is 5.75 Å². The summed E-state index contributed by atoms with van der Waals surface area (Å²) in [5.41, 5.74) is 1.58. The number of hydrogen-bond acceptors (Lipinski definition) is 3. The van der Waals surface area contributed by atoms with Crippen LogP contribution in [0.5, 0.6) is 5.75 Å². The fourth-order valence-electron chi connectivity index (χ4n) is 1.66. The van der Waals surface area contributed by atoms with Gasteiger partial charge in [-0.15, -0.1) is 0 Å². The van der Waals surface area contributed by atoms with E-state index in [1.807, 2.05) is 19.9 Å². The molecule has 0 aliphatic heterocycles. The largest absolute Gasteiger partial charge is 0.494 e. The molecular weight excluding hydrogens is 272 g/mol. The average Bonchev–Trinajstić information content (AvgIpc) is 2.44. The van der Waals surface area contributed by atoms with Crippen LogP contribution in [0.25, 0.3) is 0 Å². The van der Waals surface area contributed by atoms with Gasteiger partial charge in [0.05, 0.1) is 13.0 Å². The molecule has 0 unspecified atom stereocenters. The first-order valence-electron chi connectivity index (χ1n) is 6.91. The number of amides is 2. The summed E-state index contributed by atoms with van der Waals surface area (Å²) in [4.78, 5) is 23.8. The molecule has 1 aromatic carbocycles. The fourth-order valence-corrected chi connectivity index (χ4v) is 1.66. The summed E-state index contributed by atoms with van der Waals surface area (Å²) in [5, 5.41) is 11.4. The summed E-state index contributed by atoms with van der Waals surface area (Å²) in [6.45, 7) is 4.74. The Morgan fingerprint density at radius 1 is 1.38 bits per heavy atom. The molecule has 0 aliphatic carbocycles. The quantitative estimate of drug-likeness (QED) is 0.810. The molecule has 2 N–H and O–H groups in total. The van der Waals surface area contributed by atoms with Crippen LogP contribution in [-0.2, 0) is 4.79 Å². The third-order valence-electron chi connectivity index (χ3n) is 2.92. The second-order valence-electron chi connectivity index (χ2n) is 4.82. The smallest absolute Gasteiger partial charge is 0.321 e. The molecule has 0 aromatic heterocycles. The Morgan fingerprint density at radius 2 is 2.10 bits per heavy atom. The summed E-state index contributed by atoms with van der Waals surface area (Å²) >= 11 is 0. The number of aliphatic carboxylic acids is 1. The van der Waals surface area contributed by atoms with Crippen molar-refractivity contribution in [3.63, 3.8) is 0 Å². The minimum Gasteiger partial charge on any atom is -0.494 e. The number of ether oxygens (including phenoxy) is 1. The lowest BCUT2D eigenvalue weighted by Crippen LogP contribution is -2.33. The number of aryl methyl sites for hydroxylation is 1. The van der Waals surface area contributed by atoms with E-state index in [4.69, 9.17) is 9.84 Å². The normalized spacial score (nSPS) is 10.0. The van der Waals surface area contributed by atoms with E-state index >= 15 is 0 Å². The molecule has 6 heteroatoms. The van der Waals surface area contributed by atoms with Crippen molar-refractivity contribution in [2.24, 2.45) is 0 Å². The molecule has 0 aliphatic rings. The summed E-state index contributed by atoms with van der Waals surface area (Å²) in [6, 6.07) is 5.11. The van der Waals surface area contributed by atoms with Crippen molar-refractivity contribution in [2.45, 2.75) is 26.7 Å². The minimum atomic E-state index is -0.928. The van der Waals surface area contributed by atoms with Crippen LogP contribution in [0.3, 0.4) is 0 Å². The van der Waals surface area contributed by atoms with Gasteiger partial charge in [-0.1, -0.05) is 6.92 Å². The van der Waals surface area contributed by atoms with E-state index in [0.717, 1.165) is 17.7 Å². The van der Waals surface area contributed by atoms with Gasteiger partial charge in [-0.2, -0.15) is 0 Å². The highest BCUT2D eigenvalue weighted by molar-refractivity contribution is 5.90. The maximum atomic E-state index is 11.9. The molecule has 116 valence electrons. The van der Waals surface area contributed by atoms with Crippen molar-refractivity contribution >= 4 is 17.7 Å². The van der Waals surface area contributed by atoms with Crippen molar-refractivity contribution < 1.29 is 19.4 Å². The number of nitrogens with zero attached hydrogens (tertiary/aromatic N) is 1. The van der Waals surface area contributed by atoms with E-state index in [0.29, 0.717) is 12.3 Å². The second kappa shape index (κ2) is 8.14. The van der Waals surface area contributed by atoms with Gasteiger partial charge in [0.25, 0.3) is 0 Å². The number of anilines is 1. The lowest BCUT2D eigenvalue weighted by Gasteiger charge is -2.18. The van der Waals surface area contributed by atoms with E-state index in [1.165, 1.54) is 4.90 Å². The number of carboxylic acid groups (broad SMARTS) is 1.